The zero-order valence-corrected chi connectivity index (χ0v) is 15.6. The largest absolute Gasteiger partial charge is 0.391 e. The van der Waals surface area contributed by atoms with Crippen molar-refractivity contribution >= 4 is 5.91 Å². The Balaban J connectivity index is 1.69. The predicted octanol–water partition coefficient (Wildman–Crippen LogP) is 2.72. The van der Waals surface area contributed by atoms with E-state index >= 15 is 0 Å². The second kappa shape index (κ2) is 7.46. The van der Waals surface area contributed by atoms with E-state index < -0.39 is 6.10 Å². The fourth-order valence-corrected chi connectivity index (χ4v) is 4.71. The third-order valence-corrected chi connectivity index (χ3v) is 6.24. The number of nitrogens with one attached hydrogen (secondary N) is 1. The molecule has 0 aromatic heterocycles. The van der Waals surface area contributed by atoms with E-state index in [0.717, 1.165) is 25.7 Å². The zero-order chi connectivity index (χ0) is 18.0. The molecule has 0 heterocycles. The number of aliphatic hydroxyl groups excluding tert-OH is 1. The van der Waals surface area contributed by atoms with Crippen molar-refractivity contribution in [3.8, 4) is 0 Å². The summed E-state index contributed by atoms with van der Waals surface area (Å²) in [6, 6.07) is 6.60. The lowest BCUT2D eigenvalue weighted by Gasteiger charge is -2.33. The molecule has 3 atom stereocenters. The van der Waals surface area contributed by atoms with E-state index in [1.807, 2.05) is 0 Å². The molecule has 3 rings (SSSR count). The summed E-state index contributed by atoms with van der Waals surface area (Å²) in [6.45, 7) is 4.99. The monoisotopic (exact) mass is 344 g/mol. The number of aryl methyl sites for hydroxylation is 2. The van der Waals surface area contributed by atoms with Gasteiger partial charge in [-0.25, -0.2) is 0 Å². The van der Waals surface area contributed by atoms with Gasteiger partial charge in [0.25, 0.3) is 0 Å². The van der Waals surface area contributed by atoms with E-state index in [2.05, 4.69) is 37.4 Å². The van der Waals surface area contributed by atoms with Gasteiger partial charge in [0.2, 0.25) is 5.91 Å². The number of aliphatic hydroxyl groups is 1. The predicted molar refractivity (Wildman–Crippen MR) is 100 cm³/mol. The van der Waals surface area contributed by atoms with Crippen molar-refractivity contribution in [3.63, 3.8) is 0 Å². The Morgan fingerprint density at radius 3 is 2.44 bits per heavy atom. The quantitative estimate of drug-likeness (QED) is 0.786. The number of carbonyl (C=O) groups excluding carboxylic acids is 1. The normalized spacial score (nSPS) is 28.7. The molecule has 4 N–H and O–H groups in total. The highest BCUT2D eigenvalue weighted by Gasteiger charge is 2.37. The van der Waals surface area contributed by atoms with Crippen LogP contribution < -0.4 is 11.1 Å². The maximum absolute atomic E-state index is 12.7. The molecule has 0 unspecified atom stereocenters. The molecular formula is C21H32N2O2. The second-order valence-electron chi connectivity index (χ2n) is 8.32. The van der Waals surface area contributed by atoms with Crippen molar-refractivity contribution in [3.05, 3.63) is 34.9 Å². The van der Waals surface area contributed by atoms with Crippen LogP contribution in [0.3, 0.4) is 0 Å². The molecule has 1 amide bonds. The van der Waals surface area contributed by atoms with Gasteiger partial charge in [-0.2, -0.15) is 0 Å². The Morgan fingerprint density at radius 1 is 1.20 bits per heavy atom. The fraction of sp³-hybridized carbons (Fsp3) is 0.667. The van der Waals surface area contributed by atoms with E-state index in [4.69, 9.17) is 5.73 Å². The highest BCUT2D eigenvalue weighted by Crippen LogP contribution is 2.41. The first kappa shape index (κ1) is 18.4. The summed E-state index contributed by atoms with van der Waals surface area (Å²) in [4.78, 5) is 12.7. The number of benzene rings is 1. The van der Waals surface area contributed by atoms with Crippen molar-refractivity contribution in [2.75, 3.05) is 6.54 Å². The summed E-state index contributed by atoms with van der Waals surface area (Å²) in [5.74, 6) is -0.0194. The van der Waals surface area contributed by atoms with Crippen molar-refractivity contribution < 1.29 is 9.90 Å². The van der Waals surface area contributed by atoms with Gasteiger partial charge in [0, 0.05) is 23.9 Å². The number of hydrogen-bond acceptors (Lipinski definition) is 3. The summed E-state index contributed by atoms with van der Waals surface area (Å²) in [5, 5.41) is 13.2. The summed E-state index contributed by atoms with van der Waals surface area (Å²) < 4.78 is 0. The minimum Gasteiger partial charge on any atom is -0.391 e. The molecule has 2 aliphatic rings. The molecule has 2 saturated carbocycles. The number of amides is 1. The molecule has 0 bridgehead atoms. The van der Waals surface area contributed by atoms with Gasteiger partial charge < -0.3 is 16.2 Å². The van der Waals surface area contributed by atoms with Crippen LogP contribution in [0.15, 0.2) is 18.2 Å². The molecule has 0 spiro atoms. The number of hydrogen-bond donors (Lipinski definition) is 3. The van der Waals surface area contributed by atoms with E-state index in [-0.39, 0.29) is 23.3 Å². The van der Waals surface area contributed by atoms with Gasteiger partial charge in [0.15, 0.2) is 0 Å². The van der Waals surface area contributed by atoms with E-state index in [9.17, 15) is 9.90 Å². The van der Waals surface area contributed by atoms with Crippen LogP contribution in [0.4, 0.5) is 0 Å². The molecule has 0 radical (unpaired) electrons. The van der Waals surface area contributed by atoms with E-state index in [1.54, 1.807) is 0 Å². The summed E-state index contributed by atoms with van der Waals surface area (Å²) >= 11 is 0. The molecule has 0 saturated heterocycles. The van der Waals surface area contributed by atoms with Gasteiger partial charge in [-0.1, -0.05) is 42.2 Å². The van der Waals surface area contributed by atoms with Gasteiger partial charge in [0.1, 0.15) is 0 Å². The Kier molecular flexibility index (Phi) is 5.49. The average molecular weight is 344 g/mol. The number of nitrogens with two attached hydrogens (primary N) is 1. The van der Waals surface area contributed by atoms with Crippen LogP contribution in [-0.2, 0) is 10.2 Å². The molecule has 1 aromatic rings. The van der Waals surface area contributed by atoms with Crippen LogP contribution in [0.5, 0.6) is 0 Å². The Labute approximate surface area is 151 Å². The zero-order valence-electron chi connectivity index (χ0n) is 15.6. The maximum Gasteiger partial charge on any atom is 0.223 e. The Morgan fingerprint density at radius 2 is 1.84 bits per heavy atom. The maximum atomic E-state index is 12.7. The van der Waals surface area contributed by atoms with E-state index in [1.165, 1.54) is 29.5 Å². The number of rotatable bonds is 4. The third-order valence-electron chi connectivity index (χ3n) is 6.24. The van der Waals surface area contributed by atoms with Crippen LogP contribution in [0, 0.1) is 19.8 Å². The highest BCUT2D eigenvalue weighted by atomic mass is 16.3. The minimum absolute atomic E-state index is 0.0656. The van der Waals surface area contributed by atoms with Gasteiger partial charge in [-0.15, -0.1) is 0 Å². The van der Waals surface area contributed by atoms with Gasteiger partial charge in [-0.3, -0.25) is 4.79 Å². The van der Waals surface area contributed by atoms with Crippen LogP contribution in [-0.4, -0.2) is 29.7 Å². The van der Waals surface area contributed by atoms with Crippen LogP contribution in [0.1, 0.15) is 61.6 Å². The number of carbonyl (C=O) groups is 1. The molecule has 4 heteroatoms. The minimum atomic E-state index is -0.552. The van der Waals surface area contributed by atoms with E-state index in [0.29, 0.717) is 13.0 Å². The van der Waals surface area contributed by atoms with Crippen molar-refractivity contribution in [2.45, 2.75) is 76.4 Å². The lowest BCUT2D eigenvalue weighted by atomic mass is 9.77. The van der Waals surface area contributed by atoms with Gasteiger partial charge >= 0.3 is 0 Å². The Hall–Kier alpha value is -1.39. The fourth-order valence-electron chi connectivity index (χ4n) is 4.71. The smallest absolute Gasteiger partial charge is 0.223 e. The van der Waals surface area contributed by atoms with Gasteiger partial charge in [0.05, 0.1) is 6.10 Å². The Bertz CT molecular complexity index is 602. The SMILES string of the molecule is Cc1cc(C)cc(C2(CNC(=O)[C@H]3CC[C@H](N)[C@@H](O)C3)CCCC2)c1. The molecule has 0 aliphatic heterocycles. The second-order valence-corrected chi connectivity index (χ2v) is 8.32. The molecule has 4 nitrogen and oxygen atoms in total. The standard InChI is InChI=1S/C21H32N2O2/c1-14-9-15(2)11-17(10-14)21(7-3-4-8-21)13-23-20(25)16-5-6-18(22)19(24)12-16/h9-11,16,18-19,24H,3-8,12-13,22H2,1-2H3,(H,23,25)/t16-,18-,19-/m0/s1. The average Bonchev–Trinajstić information content (AvgIpc) is 3.04. The molecule has 2 aliphatic carbocycles. The highest BCUT2D eigenvalue weighted by molar-refractivity contribution is 5.79. The lowest BCUT2D eigenvalue weighted by Crippen LogP contribution is -2.46. The lowest BCUT2D eigenvalue weighted by molar-refractivity contribution is -0.127. The van der Waals surface area contributed by atoms with Crippen LogP contribution >= 0.6 is 0 Å². The van der Waals surface area contributed by atoms with Gasteiger partial charge in [-0.05, 0) is 51.5 Å². The molecular weight excluding hydrogens is 312 g/mol. The summed E-state index contributed by atoms with van der Waals surface area (Å²) in [6.07, 6.45) is 6.15. The first-order chi connectivity index (χ1) is 11.9. The molecule has 1 aromatic carbocycles. The molecule has 138 valence electrons. The summed E-state index contributed by atoms with van der Waals surface area (Å²) in [5.41, 5.74) is 9.87. The van der Waals surface area contributed by atoms with Crippen molar-refractivity contribution in [1.29, 1.82) is 0 Å². The molecule has 25 heavy (non-hydrogen) atoms. The van der Waals surface area contributed by atoms with Crippen molar-refractivity contribution in [2.24, 2.45) is 11.7 Å². The third kappa shape index (κ3) is 4.06. The summed E-state index contributed by atoms with van der Waals surface area (Å²) in [7, 11) is 0. The van der Waals surface area contributed by atoms with Crippen molar-refractivity contribution in [1.82, 2.24) is 5.32 Å². The molecule has 2 fully saturated rings. The van der Waals surface area contributed by atoms with Crippen LogP contribution in [0.25, 0.3) is 0 Å². The first-order valence-corrected chi connectivity index (χ1v) is 9.70. The topological polar surface area (TPSA) is 75.4 Å². The van der Waals surface area contributed by atoms with Crippen LogP contribution in [0.2, 0.25) is 0 Å². The first-order valence-electron chi connectivity index (χ1n) is 9.70.